The third kappa shape index (κ3) is 12.2. The number of methoxy groups -OCH3 is 1. The summed E-state index contributed by atoms with van der Waals surface area (Å²) in [7, 11) is 1.31. The number of benzene rings is 2. The second-order valence-corrected chi connectivity index (χ2v) is 10.2. The number of likely N-dealkylation sites (N-methyl/N-ethyl adjacent to an activating group) is 1. The van der Waals surface area contributed by atoms with Gasteiger partial charge in [0.05, 0.1) is 31.5 Å². The van der Waals surface area contributed by atoms with Gasteiger partial charge in [-0.05, 0) is 55.6 Å². The molecule has 0 aliphatic carbocycles. The molecule has 0 bridgehead atoms. The van der Waals surface area contributed by atoms with Gasteiger partial charge in [-0.1, -0.05) is 64.2 Å². The Balaban J connectivity index is 1.77. The predicted octanol–water partition coefficient (Wildman–Crippen LogP) is 5.58. The minimum atomic E-state index is -0.503. The number of anilines is 1. The minimum Gasteiger partial charge on any atom is -0.504 e. The Kier molecular flexibility index (Phi) is 15.3. The quantitative estimate of drug-likeness (QED) is 0.149. The second-order valence-electron chi connectivity index (χ2n) is 10.2. The monoisotopic (exact) mass is 569 g/mol. The van der Waals surface area contributed by atoms with E-state index in [4.69, 9.17) is 9.47 Å². The number of hydrogen-bond donors (Lipinski definition) is 3. The van der Waals surface area contributed by atoms with E-state index in [0.717, 1.165) is 24.0 Å². The second kappa shape index (κ2) is 18.7. The standard InChI is InChI=1S/C32H47N3O6/c1-5-7-8-9-10-11-16-29(37)33-22-25-17-18-27(36)28(21-25)41-20-13-19-35(6-2)23-30(38)34-31-24(3)14-12-15-26(31)32(39)40-4/h12,14-15,17-18,21,36H,5-11,13,16,19-20,22-23H2,1-4H3,(H,33,37)(H,34,38). The minimum absolute atomic E-state index is 0.0312. The summed E-state index contributed by atoms with van der Waals surface area (Å²) in [6, 6.07) is 10.3. The molecule has 0 aliphatic heterocycles. The Bertz CT molecular complexity index is 1120. The molecule has 3 N–H and O–H groups in total. The van der Waals surface area contributed by atoms with E-state index >= 15 is 0 Å². The van der Waals surface area contributed by atoms with E-state index in [1.807, 2.05) is 24.8 Å². The van der Waals surface area contributed by atoms with Crippen molar-refractivity contribution in [1.29, 1.82) is 0 Å². The number of nitrogens with one attached hydrogen (secondary N) is 2. The molecule has 0 atom stereocenters. The van der Waals surface area contributed by atoms with Crippen LogP contribution in [0, 0.1) is 6.92 Å². The Labute approximate surface area is 244 Å². The van der Waals surface area contributed by atoms with Crippen LogP contribution in [0.15, 0.2) is 36.4 Å². The zero-order valence-corrected chi connectivity index (χ0v) is 25.1. The van der Waals surface area contributed by atoms with Crippen LogP contribution in [0.2, 0.25) is 0 Å². The Morgan fingerprint density at radius 2 is 1.71 bits per heavy atom. The summed E-state index contributed by atoms with van der Waals surface area (Å²) in [5.74, 6) is -0.293. The molecule has 0 aliphatic rings. The van der Waals surface area contributed by atoms with Gasteiger partial charge < -0.3 is 25.2 Å². The number of rotatable bonds is 19. The van der Waals surface area contributed by atoms with Crippen molar-refractivity contribution in [3.8, 4) is 11.5 Å². The topological polar surface area (TPSA) is 117 Å². The number of para-hydroxylation sites is 1. The van der Waals surface area contributed by atoms with Crippen molar-refractivity contribution in [2.24, 2.45) is 0 Å². The Morgan fingerprint density at radius 3 is 2.44 bits per heavy atom. The van der Waals surface area contributed by atoms with Crippen molar-refractivity contribution in [2.75, 3.05) is 38.7 Å². The molecule has 0 spiro atoms. The van der Waals surface area contributed by atoms with Crippen LogP contribution < -0.4 is 15.4 Å². The highest BCUT2D eigenvalue weighted by Crippen LogP contribution is 2.27. The van der Waals surface area contributed by atoms with Crippen LogP contribution in [-0.4, -0.2) is 61.1 Å². The van der Waals surface area contributed by atoms with Gasteiger partial charge in [-0.2, -0.15) is 0 Å². The lowest BCUT2D eigenvalue weighted by Gasteiger charge is -2.21. The third-order valence-corrected chi connectivity index (χ3v) is 6.90. The fourth-order valence-electron chi connectivity index (χ4n) is 4.45. The smallest absolute Gasteiger partial charge is 0.339 e. The molecule has 0 aromatic heterocycles. The van der Waals surface area contributed by atoms with Crippen LogP contribution in [0.4, 0.5) is 5.69 Å². The summed E-state index contributed by atoms with van der Waals surface area (Å²) >= 11 is 0. The van der Waals surface area contributed by atoms with Gasteiger partial charge in [0.15, 0.2) is 11.5 Å². The van der Waals surface area contributed by atoms with Gasteiger partial charge in [0, 0.05) is 19.5 Å². The first-order valence-corrected chi connectivity index (χ1v) is 14.7. The maximum atomic E-state index is 12.8. The highest BCUT2D eigenvalue weighted by molar-refractivity contribution is 6.02. The van der Waals surface area contributed by atoms with Gasteiger partial charge in [0.2, 0.25) is 11.8 Å². The van der Waals surface area contributed by atoms with E-state index < -0.39 is 5.97 Å². The fraction of sp³-hybridized carbons (Fsp3) is 0.531. The lowest BCUT2D eigenvalue weighted by atomic mass is 10.1. The van der Waals surface area contributed by atoms with Crippen LogP contribution in [0.5, 0.6) is 11.5 Å². The van der Waals surface area contributed by atoms with Crippen molar-refractivity contribution >= 4 is 23.5 Å². The normalized spacial score (nSPS) is 10.9. The fourth-order valence-corrected chi connectivity index (χ4v) is 4.45. The Morgan fingerprint density at radius 1 is 0.951 bits per heavy atom. The number of phenols is 1. The molecule has 9 heteroatoms. The molecule has 0 saturated carbocycles. The molecule has 226 valence electrons. The molecule has 0 saturated heterocycles. The summed E-state index contributed by atoms with van der Waals surface area (Å²) in [6.45, 7) is 8.14. The molecule has 2 aromatic carbocycles. The zero-order chi connectivity index (χ0) is 30.0. The molecule has 41 heavy (non-hydrogen) atoms. The molecule has 0 heterocycles. The predicted molar refractivity (Wildman–Crippen MR) is 161 cm³/mol. The van der Waals surface area contributed by atoms with Gasteiger partial charge in [-0.15, -0.1) is 0 Å². The van der Waals surface area contributed by atoms with Crippen LogP contribution in [0.3, 0.4) is 0 Å². The SMILES string of the molecule is CCCCCCCCC(=O)NCc1ccc(O)c(OCCCN(CC)CC(=O)Nc2c(C)cccc2C(=O)OC)c1. The number of nitrogens with zero attached hydrogens (tertiary/aromatic N) is 1. The first kappa shape index (κ1) is 33.6. The van der Waals surface area contributed by atoms with Crippen LogP contribution in [0.25, 0.3) is 0 Å². The maximum Gasteiger partial charge on any atom is 0.339 e. The summed E-state index contributed by atoms with van der Waals surface area (Å²) in [5, 5.41) is 16.0. The number of aryl methyl sites for hydroxylation is 1. The van der Waals surface area contributed by atoms with Crippen molar-refractivity contribution in [3.63, 3.8) is 0 Å². The number of ether oxygens (including phenoxy) is 2. The van der Waals surface area contributed by atoms with E-state index in [2.05, 4.69) is 17.6 Å². The highest BCUT2D eigenvalue weighted by atomic mass is 16.5. The molecule has 2 rings (SSSR count). The van der Waals surface area contributed by atoms with Crippen LogP contribution >= 0.6 is 0 Å². The first-order chi connectivity index (χ1) is 19.8. The molecule has 0 fully saturated rings. The average Bonchev–Trinajstić information content (AvgIpc) is 2.97. The summed E-state index contributed by atoms with van der Waals surface area (Å²) in [5.41, 5.74) is 2.40. The lowest BCUT2D eigenvalue weighted by molar-refractivity contribution is -0.121. The van der Waals surface area contributed by atoms with Crippen molar-refractivity contribution in [1.82, 2.24) is 10.2 Å². The number of carbonyl (C=O) groups is 3. The highest BCUT2D eigenvalue weighted by Gasteiger charge is 2.17. The molecular weight excluding hydrogens is 522 g/mol. The van der Waals surface area contributed by atoms with Crippen molar-refractivity contribution in [2.45, 2.75) is 78.7 Å². The van der Waals surface area contributed by atoms with Crippen LogP contribution in [0.1, 0.15) is 86.7 Å². The number of hydrogen-bond acceptors (Lipinski definition) is 7. The van der Waals surface area contributed by atoms with Gasteiger partial charge in [-0.25, -0.2) is 4.79 Å². The number of phenolic OH excluding ortho intramolecular Hbond substituents is 1. The molecule has 2 aromatic rings. The number of aromatic hydroxyl groups is 1. The molecule has 9 nitrogen and oxygen atoms in total. The van der Waals surface area contributed by atoms with Gasteiger partial charge in [-0.3, -0.25) is 14.5 Å². The molecule has 0 radical (unpaired) electrons. The average molecular weight is 570 g/mol. The van der Waals surface area contributed by atoms with E-state index in [1.54, 1.807) is 30.3 Å². The van der Waals surface area contributed by atoms with Gasteiger partial charge in [0.1, 0.15) is 0 Å². The first-order valence-electron chi connectivity index (χ1n) is 14.7. The van der Waals surface area contributed by atoms with E-state index in [0.29, 0.717) is 56.1 Å². The molecular formula is C32H47N3O6. The van der Waals surface area contributed by atoms with Gasteiger partial charge in [0.25, 0.3) is 0 Å². The summed E-state index contributed by atoms with van der Waals surface area (Å²) in [4.78, 5) is 39.0. The van der Waals surface area contributed by atoms with E-state index in [-0.39, 0.29) is 24.1 Å². The van der Waals surface area contributed by atoms with Crippen LogP contribution in [-0.2, 0) is 20.9 Å². The van der Waals surface area contributed by atoms with E-state index in [1.165, 1.54) is 32.8 Å². The third-order valence-electron chi connectivity index (χ3n) is 6.90. The number of amides is 2. The maximum absolute atomic E-state index is 12.8. The summed E-state index contributed by atoms with van der Waals surface area (Å²) < 4.78 is 10.7. The van der Waals surface area contributed by atoms with Gasteiger partial charge >= 0.3 is 5.97 Å². The Hall–Kier alpha value is -3.59. The van der Waals surface area contributed by atoms with Crippen molar-refractivity contribution < 1.29 is 29.0 Å². The summed E-state index contributed by atoms with van der Waals surface area (Å²) in [6.07, 6.45) is 8.01. The zero-order valence-electron chi connectivity index (χ0n) is 25.1. The number of esters is 1. The van der Waals surface area contributed by atoms with E-state index in [9.17, 15) is 19.5 Å². The number of carbonyl (C=O) groups excluding carboxylic acids is 3. The molecule has 2 amide bonds. The molecule has 0 unspecified atom stereocenters. The van der Waals surface area contributed by atoms with Crippen molar-refractivity contribution in [3.05, 3.63) is 53.1 Å². The number of unbranched alkanes of at least 4 members (excludes halogenated alkanes) is 5. The lowest BCUT2D eigenvalue weighted by Crippen LogP contribution is -2.34. The largest absolute Gasteiger partial charge is 0.504 e.